The lowest BCUT2D eigenvalue weighted by atomic mass is 10.1. The van der Waals surface area contributed by atoms with Crippen LogP contribution >= 0.6 is 0 Å². The van der Waals surface area contributed by atoms with Crippen molar-refractivity contribution in [2.45, 2.75) is 19.4 Å². The highest BCUT2D eigenvalue weighted by molar-refractivity contribution is 7.88. The minimum atomic E-state index is -3.41. The lowest BCUT2D eigenvalue weighted by Crippen LogP contribution is -2.51. The molecule has 1 rings (SSSR count). The summed E-state index contributed by atoms with van der Waals surface area (Å²) in [5, 5.41) is 2.48. The molecule has 9 heteroatoms. The molecule has 20 heavy (non-hydrogen) atoms. The van der Waals surface area contributed by atoms with E-state index >= 15 is 0 Å². The zero-order valence-electron chi connectivity index (χ0n) is 11.4. The van der Waals surface area contributed by atoms with Gasteiger partial charge in [0.2, 0.25) is 10.0 Å². The molecule has 1 heterocycles. The first-order valence-corrected chi connectivity index (χ1v) is 7.57. The van der Waals surface area contributed by atoms with Gasteiger partial charge in [-0.25, -0.2) is 22.5 Å². The van der Waals surface area contributed by atoms with Crippen molar-refractivity contribution in [3.8, 4) is 0 Å². The zero-order valence-corrected chi connectivity index (χ0v) is 12.2. The summed E-state index contributed by atoms with van der Waals surface area (Å²) in [6.07, 6.45) is 1.92. The number of amides is 1. The quantitative estimate of drug-likeness (QED) is 0.700. The summed E-state index contributed by atoms with van der Waals surface area (Å²) in [5.41, 5.74) is 4.49. The average Bonchev–Trinajstić information content (AvgIpc) is 2.26. The molecule has 112 valence electrons. The Morgan fingerprint density at radius 2 is 2.10 bits per heavy atom. The van der Waals surface area contributed by atoms with Crippen LogP contribution in [-0.4, -0.2) is 37.6 Å². The van der Waals surface area contributed by atoms with Gasteiger partial charge in [-0.3, -0.25) is 4.79 Å². The molecule has 1 aromatic heterocycles. The van der Waals surface area contributed by atoms with Gasteiger partial charge in [-0.1, -0.05) is 0 Å². The molecule has 1 amide bonds. The maximum absolute atomic E-state index is 13.0. The van der Waals surface area contributed by atoms with Crippen molar-refractivity contribution in [3.63, 3.8) is 0 Å². The number of nitrogens with zero attached hydrogens (tertiary/aromatic N) is 1. The fraction of sp³-hybridized carbons (Fsp3) is 0.455. The van der Waals surface area contributed by atoms with Crippen molar-refractivity contribution < 1.29 is 17.6 Å². The Kier molecular flexibility index (Phi) is 4.66. The van der Waals surface area contributed by atoms with Crippen molar-refractivity contribution in [1.82, 2.24) is 15.0 Å². The molecule has 0 aromatic carbocycles. The molecule has 0 saturated heterocycles. The van der Waals surface area contributed by atoms with Crippen molar-refractivity contribution in [2.24, 2.45) is 0 Å². The van der Waals surface area contributed by atoms with E-state index in [2.05, 4.69) is 15.0 Å². The predicted octanol–water partition coefficient (Wildman–Crippen LogP) is -0.139. The Hall–Kier alpha value is -1.74. The fourth-order valence-electron chi connectivity index (χ4n) is 1.57. The number of nitrogens with one attached hydrogen (secondary N) is 2. The highest BCUT2D eigenvalue weighted by Gasteiger charge is 2.23. The van der Waals surface area contributed by atoms with Gasteiger partial charge in [0, 0.05) is 12.1 Å². The van der Waals surface area contributed by atoms with Crippen LogP contribution in [0.2, 0.25) is 0 Å². The molecule has 4 N–H and O–H groups in total. The smallest absolute Gasteiger partial charge is 0.255 e. The summed E-state index contributed by atoms with van der Waals surface area (Å²) in [6, 6.07) is 0.967. The summed E-state index contributed by atoms with van der Waals surface area (Å²) >= 11 is 0. The highest BCUT2D eigenvalue weighted by Crippen LogP contribution is 2.10. The standard InChI is InChI=1S/C11H17FN4O3S/c1-11(2,16-20(3,18)19)6-15-10(17)8-4-7(12)5-14-9(8)13/h4-5,16H,6H2,1-3H3,(H2,13,14)(H,15,17). The van der Waals surface area contributed by atoms with E-state index in [-0.39, 0.29) is 17.9 Å². The topological polar surface area (TPSA) is 114 Å². The summed E-state index contributed by atoms with van der Waals surface area (Å²) < 4.78 is 37.7. The van der Waals surface area contributed by atoms with Crippen LogP contribution in [0.3, 0.4) is 0 Å². The van der Waals surface area contributed by atoms with Crippen molar-refractivity contribution >= 4 is 21.7 Å². The minimum Gasteiger partial charge on any atom is -0.383 e. The number of hydrogen-bond acceptors (Lipinski definition) is 5. The molecule has 0 fully saturated rings. The van der Waals surface area contributed by atoms with Crippen LogP contribution in [-0.2, 0) is 10.0 Å². The number of rotatable bonds is 5. The first-order valence-electron chi connectivity index (χ1n) is 5.68. The number of aromatic nitrogens is 1. The molecule has 0 aliphatic rings. The summed E-state index contributed by atoms with van der Waals surface area (Å²) in [7, 11) is -3.41. The van der Waals surface area contributed by atoms with Gasteiger partial charge in [-0.2, -0.15) is 0 Å². The van der Waals surface area contributed by atoms with E-state index in [1.54, 1.807) is 13.8 Å². The first-order chi connectivity index (χ1) is 9.00. The third-order valence-corrected chi connectivity index (χ3v) is 3.21. The maximum Gasteiger partial charge on any atom is 0.255 e. The van der Waals surface area contributed by atoms with E-state index in [4.69, 9.17) is 5.73 Å². The van der Waals surface area contributed by atoms with E-state index in [0.717, 1.165) is 18.5 Å². The van der Waals surface area contributed by atoms with Crippen LogP contribution < -0.4 is 15.8 Å². The molecule has 0 bridgehead atoms. The summed E-state index contributed by atoms with van der Waals surface area (Å²) in [4.78, 5) is 15.4. The number of nitrogens with two attached hydrogens (primary N) is 1. The van der Waals surface area contributed by atoms with Crippen LogP contribution in [0, 0.1) is 5.82 Å². The largest absolute Gasteiger partial charge is 0.383 e. The van der Waals surface area contributed by atoms with Crippen molar-refractivity contribution in [1.29, 1.82) is 0 Å². The molecular weight excluding hydrogens is 287 g/mol. The molecule has 7 nitrogen and oxygen atoms in total. The van der Waals surface area contributed by atoms with Gasteiger partial charge in [0.1, 0.15) is 11.6 Å². The number of hydrogen-bond donors (Lipinski definition) is 3. The molecule has 0 aliphatic carbocycles. The van der Waals surface area contributed by atoms with Crippen LogP contribution in [0.15, 0.2) is 12.3 Å². The van der Waals surface area contributed by atoms with Crippen LogP contribution in [0.25, 0.3) is 0 Å². The Labute approximate surface area is 116 Å². The van der Waals surface area contributed by atoms with Crippen LogP contribution in [0.1, 0.15) is 24.2 Å². The van der Waals surface area contributed by atoms with Gasteiger partial charge < -0.3 is 11.1 Å². The number of anilines is 1. The number of pyridine rings is 1. The lowest BCUT2D eigenvalue weighted by molar-refractivity contribution is 0.0944. The molecule has 0 saturated carbocycles. The Morgan fingerprint density at radius 3 is 2.65 bits per heavy atom. The van der Waals surface area contributed by atoms with E-state index in [0.29, 0.717) is 0 Å². The van der Waals surface area contributed by atoms with Crippen molar-refractivity contribution in [3.05, 3.63) is 23.6 Å². The van der Waals surface area contributed by atoms with Crippen molar-refractivity contribution in [2.75, 3.05) is 18.5 Å². The second-order valence-electron chi connectivity index (χ2n) is 5.03. The van der Waals surface area contributed by atoms with Gasteiger partial charge in [-0.05, 0) is 19.9 Å². The SMILES string of the molecule is CC(C)(CNC(=O)c1cc(F)cnc1N)NS(C)(=O)=O. The van der Waals surface area contributed by atoms with Gasteiger partial charge in [-0.15, -0.1) is 0 Å². The zero-order chi connectivity index (χ0) is 15.6. The molecule has 1 aromatic rings. The average molecular weight is 304 g/mol. The van der Waals surface area contributed by atoms with E-state index in [9.17, 15) is 17.6 Å². The molecule has 0 radical (unpaired) electrons. The number of nitrogen functional groups attached to an aromatic ring is 1. The minimum absolute atomic E-state index is 0.00879. The van der Waals surface area contributed by atoms with Gasteiger partial charge in [0.05, 0.1) is 18.0 Å². The molecule has 0 aliphatic heterocycles. The predicted molar refractivity (Wildman–Crippen MR) is 73.0 cm³/mol. The summed E-state index contributed by atoms with van der Waals surface area (Å²) in [5.74, 6) is -1.41. The number of carbonyl (C=O) groups excluding carboxylic acids is 1. The second-order valence-corrected chi connectivity index (χ2v) is 6.78. The monoisotopic (exact) mass is 304 g/mol. The maximum atomic E-state index is 13.0. The fourth-order valence-corrected chi connectivity index (χ4v) is 2.64. The van der Waals surface area contributed by atoms with E-state index < -0.39 is 27.3 Å². The second kappa shape index (κ2) is 5.71. The van der Waals surface area contributed by atoms with E-state index in [1.807, 2.05) is 0 Å². The normalized spacial score (nSPS) is 12.2. The molecular formula is C11H17FN4O3S. The van der Waals surface area contributed by atoms with Crippen LogP contribution in [0.5, 0.6) is 0 Å². The van der Waals surface area contributed by atoms with E-state index in [1.165, 1.54) is 0 Å². The van der Waals surface area contributed by atoms with Gasteiger partial charge in [0.15, 0.2) is 0 Å². The lowest BCUT2D eigenvalue weighted by Gasteiger charge is -2.25. The molecule has 0 spiro atoms. The molecule has 0 unspecified atom stereocenters. The third-order valence-electron chi connectivity index (χ3n) is 2.28. The van der Waals surface area contributed by atoms with Crippen LogP contribution in [0.4, 0.5) is 10.2 Å². The summed E-state index contributed by atoms with van der Waals surface area (Å²) in [6.45, 7) is 3.21. The third kappa shape index (κ3) is 5.10. The highest BCUT2D eigenvalue weighted by atomic mass is 32.2. The number of halogens is 1. The number of sulfonamides is 1. The Bertz CT molecular complexity index is 616. The Balaban J connectivity index is 2.75. The molecule has 0 atom stereocenters. The van der Waals surface area contributed by atoms with Gasteiger partial charge >= 0.3 is 0 Å². The van der Waals surface area contributed by atoms with Gasteiger partial charge in [0.25, 0.3) is 5.91 Å². The Morgan fingerprint density at radius 1 is 1.50 bits per heavy atom. The number of carbonyl (C=O) groups is 1. The first kappa shape index (κ1) is 16.3.